The zero-order valence-electron chi connectivity index (χ0n) is 10.8. The summed E-state index contributed by atoms with van der Waals surface area (Å²) < 4.78 is 7.22. The molecule has 0 aliphatic heterocycles. The van der Waals surface area contributed by atoms with Crippen LogP contribution >= 0.6 is 31.9 Å². The summed E-state index contributed by atoms with van der Waals surface area (Å²) in [6.45, 7) is 2.06. The standard InChI is InChI=1S/C15H15Br2NO/c1-9-3-4-10(7-13(9)16)15(18)12-6-5-11(19-2)8-14(12)17/h3-8,15H,18H2,1-2H3. The van der Waals surface area contributed by atoms with E-state index in [-0.39, 0.29) is 6.04 Å². The fraction of sp³-hybridized carbons (Fsp3) is 0.200. The quantitative estimate of drug-likeness (QED) is 0.840. The van der Waals surface area contributed by atoms with E-state index in [1.165, 1.54) is 5.56 Å². The number of benzene rings is 2. The number of halogens is 2. The lowest BCUT2D eigenvalue weighted by atomic mass is 9.99. The van der Waals surface area contributed by atoms with E-state index in [2.05, 4.69) is 57.0 Å². The maximum atomic E-state index is 6.34. The minimum absolute atomic E-state index is 0.169. The molecule has 4 heteroatoms. The van der Waals surface area contributed by atoms with Gasteiger partial charge in [-0.3, -0.25) is 0 Å². The topological polar surface area (TPSA) is 35.2 Å². The first-order valence-electron chi connectivity index (χ1n) is 5.88. The summed E-state index contributed by atoms with van der Waals surface area (Å²) in [5.74, 6) is 0.813. The van der Waals surface area contributed by atoms with Gasteiger partial charge in [-0.1, -0.05) is 50.1 Å². The van der Waals surface area contributed by atoms with Crippen molar-refractivity contribution < 1.29 is 4.74 Å². The Hall–Kier alpha value is -0.840. The van der Waals surface area contributed by atoms with Crippen molar-refractivity contribution in [3.8, 4) is 5.75 Å². The zero-order chi connectivity index (χ0) is 14.0. The van der Waals surface area contributed by atoms with Crippen molar-refractivity contribution in [2.45, 2.75) is 13.0 Å². The number of rotatable bonds is 3. The van der Waals surface area contributed by atoms with Crippen molar-refractivity contribution in [1.82, 2.24) is 0 Å². The highest BCUT2D eigenvalue weighted by Gasteiger charge is 2.13. The van der Waals surface area contributed by atoms with E-state index in [0.29, 0.717) is 0 Å². The maximum absolute atomic E-state index is 6.34. The molecule has 0 aliphatic carbocycles. The van der Waals surface area contributed by atoms with Crippen LogP contribution in [0.1, 0.15) is 22.7 Å². The molecule has 0 radical (unpaired) electrons. The second-order valence-electron chi connectivity index (χ2n) is 4.37. The number of ether oxygens (including phenoxy) is 1. The summed E-state index contributed by atoms with van der Waals surface area (Å²) in [5.41, 5.74) is 9.65. The molecule has 2 aromatic rings. The Kier molecular flexibility index (Phi) is 4.66. The lowest BCUT2D eigenvalue weighted by Gasteiger charge is -2.16. The van der Waals surface area contributed by atoms with Crippen LogP contribution in [-0.4, -0.2) is 7.11 Å². The smallest absolute Gasteiger partial charge is 0.120 e. The van der Waals surface area contributed by atoms with Crippen molar-refractivity contribution >= 4 is 31.9 Å². The van der Waals surface area contributed by atoms with Crippen LogP contribution in [0.15, 0.2) is 45.3 Å². The van der Waals surface area contributed by atoms with Gasteiger partial charge in [0.05, 0.1) is 13.2 Å². The summed E-state index contributed by atoms with van der Waals surface area (Å²) in [7, 11) is 1.65. The molecule has 0 spiro atoms. The van der Waals surface area contributed by atoms with E-state index in [4.69, 9.17) is 10.5 Å². The van der Waals surface area contributed by atoms with E-state index >= 15 is 0 Å². The predicted molar refractivity (Wildman–Crippen MR) is 85.6 cm³/mol. The van der Waals surface area contributed by atoms with Gasteiger partial charge >= 0.3 is 0 Å². The average Bonchev–Trinajstić information content (AvgIpc) is 2.41. The third-order valence-electron chi connectivity index (χ3n) is 3.10. The first-order valence-corrected chi connectivity index (χ1v) is 7.46. The molecule has 0 aliphatic rings. The molecule has 0 aromatic heterocycles. The fourth-order valence-corrected chi connectivity index (χ4v) is 2.87. The molecule has 19 heavy (non-hydrogen) atoms. The van der Waals surface area contributed by atoms with E-state index in [1.54, 1.807) is 7.11 Å². The number of nitrogens with two attached hydrogens (primary N) is 1. The van der Waals surface area contributed by atoms with Gasteiger partial charge in [-0.25, -0.2) is 0 Å². The number of aryl methyl sites for hydroxylation is 1. The lowest BCUT2D eigenvalue weighted by Crippen LogP contribution is -2.12. The van der Waals surface area contributed by atoms with E-state index in [9.17, 15) is 0 Å². The molecule has 0 bridgehead atoms. The van der Waals surface area contributed by atoms with Crippen LogP contribution < -0.4 is 10.5 Å². The minimum atomic E-state index is -0.169. The van der Waals surface area contributed by atoms with Gasteiger partial charge in [0.1, 0.15) is 5.75 Å². The lowest BCUT2D eigenvalue weighted by molar-refractivity contribution is 0.414. The Morgan fingerprint density at radius 3 is 2.37 bits per heavy atom. The van der Waals surface area contributed by atoms with Crippen LogP contribution in [0.2, 0.25) is 0 Å². The Morgan fingerprint density at radius 1 is 1.05 bits per heavy atom. The molecule has 1 unspecified atom stereocenters. The van der Waals surface area contributed by atoms with Crippen molar-refractivity contribution in [2.75, 3.05) is 7.11 Å². The maximum Gasteiger partial charge on any atom is 0.120 e. The average molecular weight is 385 g/mol. The van der Waals surface area contributed by atoms with Crippen LogP contribution in [0.5, 0.6) is 5.75 Å². The van der Waals surface area contributed by atoms with Gasteiger partial charge in [0.25, 0.3) is 0 Å². The van der Waals surface area contributed by atoms with Gasteiger partial charge in [0.2, 0.25) is 0 Å². The van der Waals surface area contributed by atoms with Crippen molar-refractivity contribution in [1.29, 1.82) is 0 Å². The second kappa shape index (κ2) is 6.07. The van der Waals surface area contributed by atoms with Gasteiger partial charge in [0.15, 0.2) is 0 Å². The van der Waals surface area contributed by atoms with Crippen LogP contribution in [0, 0.1) is 6.92 Å². The molecule has 0 amide bonds. The summed E-state index contributed by atoms with van der Waals surface area (Å²) >= 11 is 7.09. The third-order valence-corrected chi connectivity index (χ3v) is 4.64. The van der Waals surface area contributed by atoms with Crippen LogP contribution in [0.4, 0.5) is 0 Å². The highest BCUT2D eigenvalue weighted by Crippen LogP contribution is 2.31. The van der Waals surface area contributed by atoms with Crippen LogP contribution in [0.25, 0.3) is 0 Å². The molecule has 0 heterocycles. The van der Waals surface area contributed by atoms with Gasteiger partial charge < -0.3 is 10.5 Å². The monoisotopic (exact) mass is 383 g/mol. The zero-order valence-corrected chi connectivity index (χ0v) is 14.0. The van der Waals surface area contributed by atoms with Gasteiger partial charge in [-0.15, -0.1) is 0 Å². The molecule has 2 rings (SSSR count). The highest BCUT2D eigenvalue weighted by molar-refractivity contribution is 9.10. The summed E-state index contributed by atoms with van der Waals surface area (Å²) in [6, 6.07) is 11.9. The molecule has 0 fully saturated rings. The van der Waals surface area contributed by atoms with Crippen molar-refractivity contribution in [2.24, 2.45) is 5.73 Å². The van der Waals surface area contributed by atoms with Crippen LogP contribution in [-0.2, 0) is 0 Å². The van der Waals surface area contributed by atoms with Gasteiger partial charge in [-0.05, 0) is 41.8 Å². The molecule has 0 saturated carbocycles. The summed E-state index contributed by atoms with van der Waals surface area (Å²) in [4.78, 5) is 0. The molecular formula is C15H15Br2NO. The Labute approximate surface area is 130 Å². The summed E-state index contributed by atoms with van der Waals surface area (Å²) in [6.07, 6.45) is 0. The Morgan fingerprint density at radius 2 is 1.79 bits per heavy atom. The van der Waals surface area contributed by atoms with Crippen molar-refractivity contribution in [3.05, 3.63) is 62.0 Å². The molecule has 2 aromatic carbocycles. The normalized spacial score (nSPS) is 12.3. The Balaban J connectivity index is 2.38. The van der Waals surface area contributed by atoms with E-state index in [1.807, 2.05) is 18.2 Å². The minimum Gasteiger partial charge on any atom is -0.497 e. The van der Waals surface area contributed by atoms with Crippen LogP contribution in [0.3, 0.4) is 0 Å². The van der Waals surface area contributed by atoms with E-state index < -0.39 is 0 Å². The predicted octanol–water partition coefficient (Wildman–Crippen LogP) is 4.58. The molecule has 100 valence electrons. The first-order chi connectivity index (χ1) is 9.02. The largest absolute Gasteiger partial charge is 0.497 e. The fourth-order valence-electron chi connectivity index (χ4n) is 1.87. The highest BCUT2D eigenvalue weighted by atomic mass is 79.9. The molecule has 2 N–H and O–H groups in total. The first kappa shape index (κ1) is 14.6. The van der Waals surface area contributed by atoms with Gasteiger partial charge in [-0.2, -0.15) is 0 Å². The molecule has 0 saturated heterocycles. The number of hydrogen-bond acceptors (Lipinski definition) is 2. The summed E-state index contributed by atoms with van der Waals surface area (Å²) in [5, 5.41) is 0. The molecular weight excluding hydrogens is 370 g/mol. The SMILES string of the molecule is COc1ccc(C(N)c2ccc(C)c(Br)c2)c(Br)c1. The van der Waals surface area contributed by atoms with E-state index in [0.717, 1.165) is 25.8 Å². The number of methoxy groups -OCH3 is 1. The molecule has 1 atom stereocenters. The van der Waals surface area contributed by atoms with Crippen molar-refractivity contribution in [3.63, 3.8) is 0 Å². The molecule has 2 nitrogen and oxygen atoms in total. The van der Waals surface area contributed by atoms with Gasteiger partial charge in [0, 0.05) is 8.95 Å². The second-order valence-corrected chi connectivity index (χ2v) is 6.08. The number of hydrogen-bond donors (Lipinski definition) is 1. The Bertz CT molecular complexity index is 599. The third kappa shape index (κ3) is 3.19.